The Morgan fingerprint density at radius 3 is 3.04 bits per heavy atom. The van der Waals surface area contributed by atoms with Crippen molar-refractivity contribution < 1.29 is 9.53 Å². The van der Waals surface area contributed by atoms with Crippen LogP contribution in [0, 0.1) is 0 Å². The smallest absolute Gasteiger partial charge is 0.321 e. The summed E-state index contributed by atoms with van der Waals surface area (Å²) >= 11 is 0. The fraction of sp³-hybridized carbons (Fsp3) is 0.368. The van der Waals surface area contributed by atoms with Gasteiger partial charge in [0.25, 0.3) is 0 Å². The Morgan fingerprint density at radius 1 is 1.25 bits per heavy atom. The molecule has 0 radical (unpaired) electrons. The van der Waals surface area contributed by atoms with Gasteiger partial charge in [0.15, 0.2) is 0 Å². The van der Waals surface area contributed by atoms with Gasteiger partial charge in [0.05, 0.1) is 25.7 Å². The maximum atomic E-state index is 12.8. The molecule has 9 nitrogen and oxygen atoms in total. The van der Waals surface area contributed by atoms with Crippen molar-refractivity contribution in [2.45, 2.75) is 25.6 Å². The van der Waals surface area contributed by atoms with Crippen molar-refractivity contribution in [2.75, 3.05) is 25.0 Å². The molecule has 1 saturated heterocycles. The van der Waals surface area contributed by atoms with Crippen LogP contribution in [0.15, 0.2) is 55.4 Å². The third-order valence-corrected chi connectivity index (χ3v) is 4.58. The molecule has 3 heterocycles. The molecule has 4 rings (SSSR count). The van der Waals surface area contributed by atoms with Gasteiger partial charge in [-0.3, -0.25) is 4.68 Å². The SMILES string of the molecule is O=C(Nc1cccc(Cn2cncn2)c1)N1CCCO[C@@H](Cn2cccn2)C1. The van der Waals surface area contributed by atoms with E-state index in [2.05, 4.69) is 20.5 Å². The van der Waals surface area contributed by atoms with E-state index >= 15 is 0 Å². The predicted molar refractivity (Wildman–Crippen MR) is 103 cm³/mol. The number of nitrogens with one attached hydrogen (secondary N) is 1. The van der Waals surface area contributed by atoms with Gasteiger partial charge in [0, 0.05) is 31.2 Å². The molecule has 9 heteroatoms. The average molecular weight is 381 g/mol. The number of ether oxygens (including phenoxy) is 1. The lowest BCUT2D eigenvalue weighted by Gasteiger charge is -2.24. The lowest BCUT2D eigenvalue weighted by Crippen LogP contribution is -2.41. The molecule has 1 N–H and O–H groups in total. The third-order valence-electron chi connectivity index (χ3n) is 4.58. The molecule has 0 saturated carbocycles. The second kappa shape index (κ2) is 8.66. The summed E-state index contributed by atoms with van der Waals surface area (Å²) < 4.78 is 9.46. The number of urea groups is 1. The highest BCUT2D eigenvalue weighted by Gasteiger charge is 2.23. The van der Waals surface area contributed by atoms with Gasteiger partial charge in [0.1, 0.15) is 12.7 Å². The Labute approximate surface area is 162 Å². The van der Waals surface area contributed by atoms with E-state index in [9.17, 15) is 4.79 Å². The maximum absolute atomic E-state index is 12.8. The van der Waals surface area contributed by atoms with E-state index in [0.29, 0.717) is 32.8 Å². The first-order chi connectivity index (χ1) is 13.8. The van der Waals surface area contributed by atoms with Gasteiger partial charge < -0.3 is 15.0 Å². The Hall–Kier alpha value is -3.20. The fourth-order valence-electron chi connectivity index (χ4n) is 3.26. The molecular formula is C19H23N7O2. The minimum atomic E-state index is -0.117. The van der Waals surface area contributed by atoms with E-state index in [0.717, 1.165) is 17.7 Å². The highest BCUT2D eigenvalue weighted by atomic mass is 16.5. The molecule has 1 fully saturated rings. The van der Waals surface area contributed by atoms with Gasteiger partial charge in [-0.1, -0.05) is 12.1 Å². The van der Waals surface area contributed by atoms with Crippen molar-refractivity contribution in [3.63, 3.8) is 0 Å². The molecule has 28 heavy (non-hydrogen) atoms. The molecule has 146 valence electrons. The number of amides is 2. The number of anilines is 1. The normalized spacial score (nSPS) is 17.3. The van der Waals surface area contributed by atoms with Crippen LogP contribution < -0.4 is 5.32 Å². The van der Waals surface area contributed by atoms with Gasteiger partial charge in [-0.15, -0.1) is 0 Å². The molecule has 2 aromatic heterocycles. The standard InChI is InChI=1S/C19H23N7O2/c27-19(23-17-5-1-4-16(10-17)11-26-15-20-14-22-26)24-7-3-9-28-18(12-24)13-25-8-2-6-21-25/h1-2,4-6,8,10,14-15,18H,3,7,9,11-13H2,(H,23,27)/t18-/m1/s1. The van der Waals surface area contributed by atoms with Crippen molar-refractivity contribution in [3.05, 3.63) is 60.9 Å². The number of carbonyl (C=O) groups excluding carboxylic acids is 1. The molecule has 1 aromatic carbocycles. The van der Waals surface area contributed by atoms with Gasteiger partial charge >= 0.3 is 6.03 Å². The second-order valence-electron chi connectivity index (χ2n) is 6.74. The Morgan fingerprint density at radius 2 is 2.21 bits per heavy atom. The lowest BCUT2D eigenvalue weighted by molar-refractivity contribution is 0.0442. The minimum Gasteiger partial charge on any atom is -0.374 e. The van der Waals surface area contributed by atoms with Crippen LogP contribution in [0.4, 0.5) is 10.5 Å². The molecule has 0 unspecified atom stereocenters. The van der Waals surface area contributed by atoms with E-state index in [1.165, 1.54) is 6.33 Å². The maximum Gasteiger partial charge on any atom is 0.321 e. The summed E-state index contributed by atoms with van der Waals surface area (Å²) in [4.78, 5) is 18.6. The summed E-state index contributed by atoms with van der Waals surface area (Å²) in [6, 6.07) is 9.53. The van der Waals surface area contributed by atoms with Crippen molar-refractivity contribution in [3.8, 4) is 0 Å². The Bertz CT molecular complexity index is 880. The predicted octanol–water partition coefficient (Wildman–Crippen LogP) is 1.85. The third kappa shape index (κ3) is 4.74. The van der Waals surface area contributed by atoms with Crippen LogP contribution in [0.5, 0.6) is 0 Å². The minimum absolute atomic E-state index is 0.0770. The van der Waals surface area contributed by atoms with Crippen LogP contribution in [-0.4, -0.2) is 61.3 Å². The molecule has 0 aliphatic carbocycles. The van der Waals surface area contributed by atoms with Crippen molar-refractivity contribution in [1.29, 1.82) is 0 Å². The summed E-state index contributed by atoms with van der Waals surface area (Å²) in [7, 11) is 0. The highest BCUT2D eigenvalue weighted by Crippen LogP contribution is 2.14. The topological polar surface area (TPSA) is 90.1 Å². The first-order valence-electron chi connectivity index (χ1n) is 9.32. The monoisotopic (exact) mass is 381 g/mol. The molecule has 3 aromatic rings. The molecule has 1 aliphatic heterocycles. The van der Waals surface area contributed by atoms with Crippen LogP contribution in [0.25, 0.3) is 0 Å². The van der Waals surface area contributed by atoms with E-state index < -0.39 is 0 Å². The van der Waals surface area contributed by atoms with Crippen LogP contribution >= 0.6 is 0 Å². The van der Waals surface area contributed by atoms with Crippen molar-refractivity contribution in [2.24, 2.45) is 0 Å². The van der Waals surface area contributed by atoms with Gasteiger partial charge in [-0.05, 0) is 30.2 Å². The molecule has 2 amide bonds. The van der Waals surface area contributed by atoms with Crippen molar-refractivity contribution >= 4 is 11.7 Å². The zero-order chi connectivity index (χ0) is 19.2. The average Bonchev–Trinajstić information content (AvgIpc) is 3.33. The molecule has 1 atom stereocenters. The van der Waals surface area contributed by atoms with Gasteiger partial charge in [-0.2, -0.15) is 10.2 Å². The summed E-state index contributed by atoms with van der Waals surface area (Å²) in [5, 5.41) is 11.3. The molecular weight excluding hydrogens is 358 g/mol. The number of benzene rings is 1. The zero-order valence-corrected chi connectivity index (χ0v) is 15.5. The van der Waals surface area contributed by atoms with E-state index in [1.807, 2.05) is 46.1 Å². The molecule has 1 aliphatic rings. The van der Waals surface area contributed by atoms with Crippen LogP contribution in [0.3, 0.4) is 0 Å². The first-order valence-corrected chi connectivity index (χ1v) is 9.32. The van der Waals surface area contributed by atoms with E-state index in [4.69, 9.17) is 4.74 Å². The molecule has 0 spiro atoms. The lowest BCUT2D eigenvalue weighted by atomic mass is 10.2. The second-order valence-corrected chi connectivity index (χ2v) is 6.74. The highest BCUT2D eigenvalue weighted by molar-refractivity contribution is 5.89. The zero-order valence-electron chi connectivity index (χ0n) is 15.5. The summed E-state index contributed by atoms with van der Waals surface area (Å²) in [6.45, 7) is 3.07. The van der Waals surface area contributed by atoms with Crippen molar-refractivity contribution in [1.82, 2.24) is 29.4 Å². The van der Waals surface area contributed by atoms with E-state index in [-0.39, 0.29) is 12.1 Å². The number of aromatic nitrogens is 5. The van der Waals surface area contributed by atoms with Gasteiger partial charge in [0.2, 0.25) is 0 Å². The fourth-order valence-corrected chi connectivity index (χ4v) is 3.26. The number of carbonyl (C=O) groups is 1. The van der Waals surface area contributed by atoms with Crippen LogP contribution in [-0.2, 0) is 17.8 Å². The van der Waals surface area contributed by atoms with Crippen LogP contribution in [0.2, 0.25) is 0 Å². The summed E-state index contributed by atoms with van der Waals surface area (Å²) in [5.74, 6) is 0. The number of rotatable bonds is 5. The number of hydrogen-bond acceptors (Lipinski definition) is 5. The number of nitrogens with zero attached hydrogens (tertiary/aromatic N) is 6. The van der Waals surface area contributed by atoms with Crippen LogP contribution in [0.1, 0.15) is 12.0 Å². The van der Waals surface area contributed by atoms with Gasteiger partial charge in [-0.25, -0.2) is 14.5 Å². The summed E-state index contributed by atoms with van der Waals surface area (Å²) in [6.07, 6.45) is 7.56. The van der Waals surface area contributed by atoms with E-state index in [1.54, 1.807) is 17.2 Å². The number of hydrogen-bond donors (Lipinski definition) is 1. The summed E-state index contributed by atoms with van der Waals surface area (Å²) in [5.41, 5.74) is 1.80. The first kappa shape index (κ1) is 18.2. The largest absolute Gasteiger partial charge is 0.374 e. The quantitative estimate of drug-likeness (QED) is 0.728. The Kier molecular flexibility index (Phi) is 5.62. The molecule has 0 bridgehead atoms. The Balaban J connectivity index is 1.38.